The summed E-state index contributed by atoms with van der Waals surface area (Å²) < 4.78 is 0. The zero-order valence-corrected chi connectivity index (χ0v) is 7.49. The van der Waals surface area contributed by atoms with E-state index in [0.29, 0.717) is 17.9 Å². The van der Waals surface area contributed by atoms with Crippen LogP contribution in [-0.2, 0) is 0 Å². The molecule has 1 spiro atoms. The summed E-state index contributed by atoms with van der Waals surface area (Å²) >= 11 is 0. The highest BCUT2D eigenvalue weighted by atomic mass is 35.5. The maximum absolute atomic E-state index is 8.81. The van der Waals surface area contributed by atoms with Gasteiger partial charge in [0, 0.05) is 13.2 Å². The molecule has 0 amide bonds. The van der Waals surface area contributed by atoms with Gasteiger partial charge in [-0.05, 0) is 37.1 Å². The predicted octanol–water partition coefficient (Wildman–Crippen LogP) is 0.790. The molecule has 2 N–H and O–H groups in total. The van der Waals surface area contributed by atoms with Crippen LogP contribution in [-0.4, -0.2) is 24.8 Å². The molecule has 1 saturated heterocycles. The summed E-state index contributed by atoms with van der Waals surface area (Å²) in [5.41, 5.74) is 0.618. The molecule has 1 aliphatic heterocycles. The molecule has 2 aliphatic rings. The minimum absolute atomic E-state index is 0. The number of rotatable bonds is 1. The SMILES string of the molecule is Cl.OCC1CC2(CCNC2)C1. The third kappa shape index (κ3) is 1.53. The van der Waals surface area contributed by atoms with Gasteiger partial charge in [0.25, 0.3) is 0 Å². The van der Waals surface area contributed by atoms with E-state index in [0.717, 1.165) is 0 Å². The molecular formula is C8H16ClNO. The molecule has 0 aromatic carbocycles. The zero-order valence-electron chi connectivity index (χ0n) is 6.68. The second-order valence-corrected chi connectivity index (χ2v) is 3.88. The highest BCUT2D eigenvalue weighted by molar-refractivity contribution is 5.85. The molecule has 1 heterocycles. The molecule has 1 aliphatic carbocycles. The lowest BCUT2D eigenvalue weighted by molar-refractivity contribution is 0.0327. The van der Waals surface area contributed by atoms with Crippen molar-refractivity contribution >= 4 is 12.4 Å². The molecular weight excluding hydrogens is 162 g/mol. The number of aliphatic hydroxyl groups excluding tert-OH is 1. The Balaban J connectivity index is 0.000000605. The fourth-order valence-corrected chi connectivity index (χ4v) is 2.44. The lowest BCUT2D eigenvalue weighted by Gasteiger charge is -2.44. The first-order valence-electron chi connectivity index (χ1n) is 4.16. The van der Waals surface area contributed by atoms with Gasteiger partial charge in [-0.15, -0.1) is 12.4 Å². The molecule has 66 valence electrons. The highest BCUT2D eigenvalue weighted by Crippen LogP contribution is 2.49. The van der Waals surface area contributed by atoms with E-state index in [1.807, 2.05) is 0 Å². The van der Waals surface area contributed by atoms with Gasteiger partial charge in [-0.2, -0.15) is 0 Å². The molecule has 0 bridgehead atoms. The molecule has 1 saturated carbocycles. The molecule has 2 nitrogen and oxygen atoms in total. The smallest absolute Gasteiger partial charge is 0.0459 e. The summed E-state index contributed by atoms with van der Waals surface area (Å²) in [6.07, 6.45) is 3.86. The minimum atomic E-state index is 0. The van der Waals surface area contributed by atoms with Crippen LogP contribution >= 0.6 is 12.4 Å². The largest absolute Gasteiger partial charge is 0.396 e. The van der Waals surface area contributed by atoms with E-state index in [1.165, 1.54) is 32.4 Å². The second-order valence-electron chi connectivity index (χ2n) is 3.88. The second kappa shape index (κ2) is 3.30. The summed E-state index contributed by atoms with van der Waals surface area (Å²) in [6, 6.07) is 0. The average Bonchev–Trinajstić information content (AvgIpc) is 2.30. The van der Waals surface area contributed by atoms with Crippen LogP contribution in [0.25, 0.3) is 0 Å². The van der Waals surface area contributed by atoms with Crippen molar-refractivity contribution in [3.05, 3.63) is 0 Å². The predicted molar refractivity (Wildman–Crippen MR) is 47.0 cm³/mol. The van der Waals surface area contributed by atoms with Gasteiger partial charge in [0.15, 0.2) is 0 Å². The van der Waals surface area contributed by atoms with Crippen molar-refractivity contribution in [3.63, 3.8) is 0 Å². The van der Waals surface area contributed by atoms with Gasteiger partial charge in [0.1, 0.15) is 0 Å². The lowest BCUT2D eigenvalue weighted by Crippen LogP contribution is -2.40. The van der Waals surface area contributed by atoms with Crippen LogP contribution in [0.15, 0.2) is 0 Å². The fourth-order valence-electron chi connectivity index (χ4n) is 2.44. The number of halogens is 1. The number of hydrogen-bond acceptors (Lipinski definition) is 2. The fraction of sp³-hybridized carbons (Fsp3) is 1.00. The molecule has 0 aromatic rings. The van der Waals surface area contributed by atoms with Gasteiger partial charge in [-0.1, -0.05) is 0 Å². The first-order chi connectivity index (χ1) is 4.85. The number of hydrogen-bond donors (Lipinski definition) is 2. The van der Waals surface area contributed by atoms with Crippen LogP contribution < -0.4 is 5.32 Å². The molecule has 0 aromatic heterocycles. The normalized spacial score (nSPS) is 41.7. The Hall–Kier alpha value is 0.210. The number of aliphatic hydroxyl groups is 1. The van der Waals surface area contributed by atoms with Gasteiger partial charge in [0.2, 0.25) is 0 Å². The molecule has 11 heavy (non-hydrogen) atoms. The summed E-state index contributed by atoms with van der Waals surface area (Å²) in [5.74, 6) is 0.625. The average molecular weight is 178 g/mol. The van der Waals surface area contributed by atoms with Gasteiger partial charge >= 0.3 is 0 Å². The minimum Gasteiger partial charge on any atom is -0.396 e. The Bertz CT molecular complexity index is 126. The Morgan fingerprint density at radius 1 is 1.45 bits per heavy atom. The van der Waals surface area contributed by atoms with E-state index in [2.05, 4.69) is 5.32 Å². The van der Waals surface area contributed by atoms with E-state index in [1.54, 1.807) is 0 Å². The monoisotopic (exact) mass is 177 g/mol. The quantitative estimate of drug-likeness (QED) is 0.621. The summed E-state index contributed by atoms with van der Waals surface area (Å²) in [6.45, 7) is 2.80. The van der Waals surface area contributed by atoms with Crippen LogP contribution in [0.5, 0.6) is 0 Å². The Kier molecular flexibility index (Phi) is 2.79. The molecule has 3 heteroatoms. The Labute approximate surface area is 73.8 Å². The maximum Gasteiger partial charge on any atom is 0.0459 e. The molecule has 2 fully saturated rings. The van der Waals surface area contributed by atoms with Crippen molar-refractivity contribution in [2.45, 2.75) is 19.3 Å². The van der Waals surface area contributed by atoms with Crippen LogP contribution in [0.2, 0.25) is 0 Å². The van der Waals surface area contributed by atoms with Gasteiger partial charge in [0.05, 0.1) is 0 Å². The first kappa shape index (κ1) is 9.30. The van der Waals surface area contributed by atoms with E-state index >= 15 is 0 Å². The summed E-state index contributed by atoms with van der Waals surface area (Å²) in [7, 11) is 0. The van der Waals surface area contributed by atoms with Gasteiger partial charge in [-0.3, -0.25) is 0 Å². The van der Waals surface area contributed by atoms with Crippen molar-refractivity contribution < 1.29 is 5.11 Å². The van der Waals surface area contributed by atoms with Gasteiger partial charge < -0.3 is 10.4 Å². The molecule has 2 rings (SSSR count). The van der Waals surface area contributed by atoms with Crippen molar-refractivity contribution in [1.82, 2.24) is 5.32 Å². The maximum atomic E-state index is 8.81. The lowest BCUT2D eigenvalue weighted by atomic mass is 9.62. The van der Waals surface area contributed by atoms with Crippen molar-refractivity contribution in [2.24, 2.45) is 11.3 Å². The standard InChI is InChI=1S/C8H15NO.ClH/c10-5-7-3-8(4-7)1-2-9-6-8;/h7,9-10H,1-6H2;1H. The molecule has 0 unspecified atom stereocenters. The summed E-state index contributed by atoms with van der Waals surface area (Å²) in [5, 5.41) is 12.2. The van der Waals surface area contributed by atoms with E-state index < -0.39 is 0 Å². The highest BCUT2D eigenvalue weighted by Gasteiger charge is 2.45. The van der Waals surface area contributed by atoms with Crippen molar-refractivity contribution in [3.8, 4) is 0 Å². The van der Waals surface area contributed by atoms with Crippen LogP contribution in [0.1, 0.15) is 19.3 Å². The number of nitrogens with one attached hydrogen (secondary N) is 1. The van der Waals surface area contributed by atoms with Gasteiger partial charge in [-0.25, -0.2) is 0 Å². The van der Waals surface area contributed by atoms with Crippen LogP contribution in [0.3, 0.4) is 0 Å². The Morgan fingerprint density at radius 3 is 2.64 bits per heavy atom. The third-order valence-electron chi connectivity index (χ3n) is 3.03. The van der Waals surface area contributed by atoms with Crippen LogP contribution in [0, 0.1) is 11.3 Å². The van der Waals surface area contributed by atoms with E-state index in [9.17, 15) is 0 Å². The Morgan fingerprint density at radius 2 is 2.18 bits per heavy atom. The first-order valence-corrected chi connectivity index (χ1v) is 4.16. The van der Waals surface area contributed by atoms with E-state index in [4.69, 9.17) is 5.11 Å². The molecule has 0 atom stereocenters. The van der Waals surface area contributed by atoms with Crippen molar-refractivity contribution in [1.29, 1.82) is 0 Å². The topological polar surface area (TPSA) is 32.3 Å². The zero-order chi connectivity index (χ0) is 7.03. The van der Waals surface area contributed by atoms with E-state index in [-0.39, 0.29) is 12.4 Å². The third-order valence-corrected chi connectivity index (χ3v) is 3.03. The van der Waals surface area contributed by atoms with Crippen molar-refractivity contribution in [2.75, 3.05) is 19.7 Å². The molecule has 0 radical (unpaired) electrons. The summed E-state index contributed by atoms with van der Waals surface area (Å²) in [4.78, 5) is 0. The van der Waals surface area contributed by atoms with Crippen LogP contribution in [0.4, 0.5) is 0 Å².